The Labute approximate surface area is 133 Å². The quantitative estimate of drug-likeness (QED) is 0.494. The van der Waals surface area contributed by atoms with Crippen LogP contribution in [0.15, 0.2) is 65.6 Å². The topological polar surface area (TPSA) is 46.6 Å². The monoisotopic (exact) mass is 313 g/mol. The molecule has 5 heteroatoms. The molecule has 2 aromatic rings. The van der Waals surface area contributed by atoms with Crippen LogP contribution in [0.25, 0.3) is 0 Å². The summed E-state index contributed by atoms with van der Waals surface area (Å²) in [6.45, 7) is 1.32. The maximum Gasteiger partial charge on any atom is 0.303 e. The molecule has 2 aromatic carbocycles. The van der Waals surface area contributed by atoms with E-state index in [1.54, 1.807) is 4.31 Å². The van der Waals surface area contributed by atoms with Crippen molar-refractivity contribution in [3.05, 3.63) is 66.2 Å². The van der Waals surface area contributed by atoms with E-state index in [0.717, 1.165) is 10.5 Å². The first kappa shape index (κ1) is 14.7. The number of hydrogen-bond acceptors (Lipinski definition) is 4. The fourth-order valence-corrected chi connectivity index (χ4v) is 3.43. The van der Waals surface area contributed by atoms with Crippen molar-refractivity contribution in [1.29, 1.82) is 0 Å². The summed E-state index contributed by atoms with van der Waals surface area (Å²) in [6, 6.07) is 19.0. The van der Waals surface area contributed by atoms with E-state index in [9.17, 15) is 9.59 Å². The summed E-state index contributed by atoms with van der Waals surface area (Å²) < 4.78 is 6.85. The van der Waals surface area contributed by atoms with Crippen LogP contribution in [0.2, 0.25) is 0 Å². The van der Waals surface area contributed by atoms with Gasteiger partial charge in [0.15, 0.2) is 0 Å². The summed E-state index contributed by atoms with van der Waals surface area (Å²) in [5, 5.41) is 0. The third-order valence-electron chi connectivity index (χ3n) is 3.38. The third-order valence-corrected chi connectivity index (χ3v) is 4.47. The number of carbonyl (C=O) groups excluding carboxylic acids is 2. The van der Waals surface area contributed by atoms with Gasteiger partial charge in [-0.05, 0) is 29.6 Å². The molecule has 112 valence electrons. The number of rotatable bonds is 4. The van der Waals surface area contributed by atoms with E-state index < -0.39 is 12.1 Å². The van der Waals surface area contributed by atoms with Gasteiger partial charge in [-0.3, -0.25) is 13.9 Å². The van der Waals surface area contributed by atoms with E-state index >= 15 is 0 Å². The predicted octanol–water partition coefficient (Wildman–Crippen LogP) is 3.21. The zero-order valence-corrected chi connectivity index (χ0v) is 12.8. The van der Waals surface area contributed by atoms with Gasteiger partial charge in [0.1, 0.15) is 6.04 Å². The van der Waals surface area contributed by atoms with Gasteiger partial charge < -0.3 is 4.74 Å². The van der Waals surface area contributed by atoms with Gasteiger partial charge in [-0.1, -0.05) is 48.5 Å². The Morgan fingerprint density at radius 3 is 2.23 bits per heavy atom. The van der Waals surface area contributed by atoms with Crippen molar-refractivity contribution in [3.8, 4) is 0 Å². The normalized spacial score (nSPS) is 20.4. The van der Waals surface area contributed by atoms with Crippen molar-refractivity contribution in [2.24, 2.45) is 0 Å². The zero-order valence-electron chi connectivity index (χ0n) is 12.0. The molecule has 1 fully saturated rings. The Balaban J connectivity index is 1.85. The number of hydrogen-bond donors (Lipinski definition) is 0. The Kier molecular flexibility index (Phi) is 4.15. The summed E-state index contributed by atoms with van der Waals surface area (Å²) in [5.41, 5.74) is 0.955. The highest BCUT2D eigenvalue weighted by Gasteiger charge is 2.51. The van der Waals surface area contributed by atoms with E-state index in [1.807, 2.05) is 60.7 Å². The summed E-state index contributed by atoms with van der Waals surface area (Å²) in [7, 11) is 0. The van der Waals surface area contributed by atoms with Crippen LogP contribution in [0.1, 0.15) is 18.5 Å². The van der Waals surface area contributed by atoms with E-state index in [0.29, 0.717) is 0 Å². The molecule has 3 rings (SSSR count). The number of β-lactam (4-membered cyclic amide) rings is 1. The van der Waals surface area contributed by atoms with Crippen molar-refractivity contribution in [2.75, 3.05) is 0 Å². The van der Waals surface area contributed by atoms with E-state index in [2.05, 4.69) is 0 Å². The highest BCUT2D eigenvalue weighted by Crippen LogP contribution is 2.44. The Bertz CT molecular complexity index is 675. The first-order valence-corrected chi connectivity index (χ1v) is 7.72. The van der Waals surface area contributed by atoms with E-state index in [4.69, 9.17) is 4.74 Å². The van der Waals surface area contributed by atoms with Crippen LogP contribution in [0.4, 0.5) is 0 Å². The Morgan fingerprint density at radius 1 is 1.05 bits per heavy atom. The van der Waals surface area contributed by atoms with Crippen LogP contribution >= 0.6 is 11.9 Å². The maximum atomic E-state index is 12.3. The lowest BCUT2D eigenvalue weighted by Gasteiger charge is -2.44. The first-order chi connectivity index (χ1) is 10.7. The van der Waals surface area contributed by atoms with Gasteiger partial charge in [-0.25, -0.2) is 0 Å². The summed E-state index contributed by atoms with van der Waals surface area (Å²) >= 11 is 1.36. The molecule has 0 N–H and O–H groups in total. The molecule has 1 aliphatic heterocycles. The number of esters is 1. The van der Waals surface area contributed by atoms with Gasteiger partial charge in [-0.15, -0.1) is 0 Å². The van der Waals surface area contributed by atoms with Gasteiger partial charge in [0.2, 0.25) is 6.10 Å². The van der Waals surface area contributed by atoms with Crippen LogP contribution in [-0.2, 0) is 14.3 Å². The van der Waals surface area contributed by atoms with Crippen molar-refractivity contribution < 1.29 is 14.3 Å². The average molecular weight is 313 g/mol. The van der Waals surface area contributed by atoms with Gasteiger partial charge in [0.25, 0.3) is 5.91 Å². The second kappa shape index (κ2) is 6.23. The van der Waals surface area contributed by atoms with Gasteiger partial charge in [0.05, 0.1) is 0 Å². The molecule has 0 bridgehead atoms. The Hall–Kier alpha value is -2.27. The minimum atomic E-state index is -0.740. The van der Waals surface area contributed by atoms with Crippen molar-refractivity contribution >= 4 is 23.8 Å². The largest absolute Gasteiger partial charge is 0.450 e. The fraction of sp³-hybridized carbons (Fsp3) is 0.176. The molecule has 1 amide bonds. The van der Waals surface area contributed by atoms with E-state index in [1.165, 1.54) is 18.9 Å². The summed E-state index contributed by atoms with van der Waals surface area (Å²) in [4.78, 5) is 24.5. The maximum absolute atomic E-state index is 12.3. The smallest absolute Gasteiger partial charge is 0.303 e. The predicted molar refractivity (Wildman–Crippen MR) is 83.9 cm³/mol. The lowest BCUT2D eigenvalue weighted by molar-refractivity contribution is -0.173. The molecular formula is C17H15NO3S. The molecule has 2 unspecified atom stereocenters. The summed E-state index contributed by atoms with van der Waals surface area (Å²) in [6.07, 6.45) is -0.740. The molecule has 0 spiro atoms. The number of ether oxygens (including phenoxy) is 1. The molecule has 1 heterocycles. The van der Waals surface area contributed by atoms with Crippen molar-refractivity contribution in [3.63, 3.8) is 0 Å². The van der Waals surface area contributed by atoms with Crippen LogP contribution in [0, 0.1) is 0 Å². The molecule has 22 heavy (non-hydrogen) atoms. The minimum Gasteiger partial charge on any atom is -0.450 e. The van der Waals surface area contributed by atoms with Gasteiger partial charge >= 0.3 is 5.97 Å². The van der Waals surface area contributed by atoms with Gasteiger partial charge in [0, 0.05) is 11.8 Å². The molecule has 1 saturated heterocycles. The second-order valence-corrected chi connectivity index (χ2v) is 6.00. The SMILES string of the molecule is CC(=O)OC1C(=O)N(Sc2ccccc2)C1c1ccccc1. The fourth-order valence-electron chi connectivity index (χ4n) is 2.39. The summed E-state index contributed by atoms with van der Waals surface area (Å²) in [5.74, 6) is -0.624. The average Bonchev–Trinajstić information content (AvgIpc) is 2.55. The van der Waals surface area contributed by atoms with Gasteiger partial charge in [-0.2, -0.15) is 0 Å². The van der Waals surface area contributed by atoms with Crippen LogP contribution in [-0.4, -0.2) is 22.3 Å². The van der Waals surface area contributed by atoms with Crippen molar-refractivity contribution in [1.82, 2.24) is 4.31 Å². The van der Waals surface area contributed by atoms with Crippen molar-refractivity contribution in [2.45, 2.75) is 24.0 Å². The van der Waals surface area contributed by atoms with Crippen LogP contribution in [0.5, 0.6) is 0 Å². The lowest BCUT2D eigenvalue weighted by atomic mass is 9.94. The lowest BCUT2D eigenvalue weighted by Crippen LogP contribution is -2.56. The number of carbonyl (C=O) groups is 2. The molecule has 4 nitrogen and oxygen atoms in total. The first-order valence-electron chi connectivity index (χ1n) is 6.95. The van der Waals surface area contributed by atoms with Crippen LogP contribution < -0.4 is 0 Å². The molecular weight excluding hydrogens is 298 g/mol. The standard InChI is InChI=1S/C17H15NO3S/c1-12(19)21-16-15(13-8-4-2-5-9-13)18(17(16)20)22-14-10-6-3-7-11-14/h2-11,15-16H,1H3. The second-order valence-electron chi connectivity index (χ2n) is 4.95. The molecule has 0 aromatic heterocycles. The Morgan fingerprint density at radius 2 is 1.64 bits per heavy atom. The minimum absolute atomic E-state index is 0.182. The molecule has 1 aliphatic rings. The third kappa shape index (κ3) is 2.85. The molecule has 0 saturated carbocycles. The highest BCUT2D eigenvalue weighted by atomic mass is 32.2. The zero-order chi connectivity index (χ0) is 15.5. The number of amides is 1. The molecule has 0 radical (unpaired) electrons. The number of benzene rings is 2. The van der Waals surface area contributed by atoms with Crippen LogP contribution in [0.3, 0.4) is 0 Å². The molecule has 0 aliphatic carbocycles. The van der Waals surface area contributed by atoms with E-state index in [-0.39, 0.29) is 11.9 Å². The number of nitrogens with zero attached hydrogens (tertiary/aromatic N) is 1. The highest BCUT2D eigenvalue weighted by molar-refractivity contribution is 7.97. The molecule has 2 atom stereocenters.